The van der Waals surface area contributed by atoms with E-state index in [1.54, 1.807) is 36.5 Å². The summed E-state index contributed by atoms with van der Waals surface area (Å²) in [5.41, 5.74) is 7.70. The van der Waals surface area contributed by atoms with Crippen molar-refractivity contribution in [1.82, 2.24) is 15.1 Å². The van der Waals surface area contributed by atoms with Crippen LogP contribution in [0.2, 0.25) is 0 Å². The maximum absolute atomic E-state index is 12.9. The monoisotopic (exact) mass is 336 g/mol. The van der Waals surface area contributed by atoms with Crippen LogP contribution in [-0.4, -0.2) is 15.1 Å². The van der Waals surface area contributed by atoms with Gasteiger partial charge in [0.15, 0.2) is 0 Å². The second-order valence-corrected chi connectivity index (χ2v) is 5.35. The SMILES string of the molecule is Nc1c[nH]c(-c2nc(-c3ccc(Oc4ccc(F)cc4)cc3)no2)c1. The number of aromatic nitrogens is 3. The first-order chi connectivity index (χ1) is 12.2. The zero-order valence-electron chi connectivity index (χ0n) is 12.9. The van der Waals surface area contributed by atoms with Crippen molar-refractivity contribution in [3.05, 3.63) is 66.6 Å². The van der Waals surface area contributed by atoms with E-state index in [1.165, 1.54) is 12.1 Å². The minimum atomic E-state index is -0.306. The number of hydrogen-bond donors (Lipinski definition) is 2. The minimum Gasteiger partial charge on any atom is -0.457 e. The maximum atomic E-state index is 12.9. The number of nitrogens with one attached hydrogen (secondary N) is 1. The average Bonchev–Trinajstić information content (AvgIpc) is 3.27. The number of halogens is 1. The molecule has 0 radical (unpaired) electrons. The summed E-state index contributed by atoms with van der Waals surface area (Å²) in [6, 6.07) is 14.7. The standard InChI is InChI=1S/C18H13FN4O2/c19-12-3-7-15(8-4-12)24-14-5-1-11(2-6-14)17-22-18(25-23-17)16-9-13(20)10-21-16/h1-10,21H,20H2. The molecule has 7 heteroatoms. The molecular weight excluding hydrogens is 323 g/mol. The molecule has 0 bridgehead atoms. The van der Waals surface area contributed by atoms with Gasteiger partial charge in [-0.3, -0.25) is 0 Å². The number of nitrogens with zero attached hydrogens (tertiary/aromatic N) is 2. The van der Waals surface area contributed by atoms with Gasteiger partial charge in [-0.2, -0.15) is 4.98 Å². The molecule has 4 rings (SSSR count). The predicted octanol–water partition coefficient (Wildman–Crippen LogP) is 4.25. The molecule has 0 aliphatic heterocycles. The number of H-pyrrole nitrogens is 1. The van der Waals surface area contributed by atoms with Crippen LogP contribution in [0.4, 0.5) is 10.1 Å². The Balaban J connectivity index is 1.52. The molecule has 0 amide bonds. The third-order valence-electron chi connectivity index (χ3n) is 3.52. The van der Waals surface area contributed by atoms with Crippen LogP contribution in [0.15, 0.2) is 65.3 Å². The van der Waals surface area contributed by atoms with Crippen molar-refractivity contribution < 1.29 is 13.7 Å². The first kappa shape index (κ1) is 14.9. The average molecular weight is 336 g/mol. The lowest BCUT2D eigenvalue weighted by molar-refractivity contribution is 0.431. The highest BCUT2D eigenvalue weighted by molar-refractivity contribution is 5.61. The van der Waals surface area contributed by atoms with Gasteiger partial charge >= 0.3 is 0 Å². The third-order valence-corrected chi connectivity index (χ3v) is 3.52. The smallest absolute Gasteiger partial charge is 0.274 e. The normalized spacial score (nSPS) is 10.8. The highest BCUT2D eigenvalue weighted by atomic mass is 19.1. The van der Waals surface area contributed by atoms with E-state index in [9.17, 15) is 4.39 Å². The van der Waals surface area contributed by atoms with E-state index in [0.29, 0.717) is 34.6 Å². The summed E-state index contributed by atoms with van der Waals surface area (Å²) in [5, 5.41) is 3.97. The largest absolute Gasteiger partial charge is 0.457 e. The summed E-state index contributed by atoms with van der Waals surface area (Å²) in [5.74, 6) is 1.69. The van der Waals surface area contributed by atoms with E-state index in [4.69, 9.17) is 15.0 Å². The maximum Gasteiger partial charge on any atom is 0.274 e. The van der Waals surface area contributed by atoms with Gasteiger partial charge in [-0.1, -0.05) is 5.16 Å². The molecule has 6 nitrogen and oxygen atoms in total. The molecule has 2 aromatic carbocycles. The van der Waals surface area contributed by atoms with Crippen LogP contribution in [0.5, 0.6) is 11.5 Å². The molecule has 124 valence electrons. The Labute approximate surface area is 142 Å². The Morgan fingerprint density at radius 3 is 2.32 bits per heavy atom. The van der Waals surface area contributed by atoms with E-state index >= 15 is 0 Å². The van der Waals surface area contributed by atoms with Crippen molar-refractivity contribution in [3.63, 3.8) is 0 Å². The lowest BCUT2D eigenvalue weighted by atomic mass is 10.2. The molecule has 0 aliphatic rings. The fourth-order valence-corrected chi connectivity index (χ4v) is 2.30. The number of benzene rings is 2. The second kappa shape index (κ2) is 6.12. The zero-order valence-corrected chi connectivity index (χ0v) is 12.9. The van der Waals surface area contributed by atoms with Gasteiger partial charge in [0.2, 0.25) is 5.82 Å². The van der Waals surface area contributed by atoms with Gasteiger partial charge in [-0.05, 0) is 54.6 Å². The van der Waals surface area contributed by atoms with E-state index in [2.05, 4.69) is 15.1 Å². The number of nitrogens with two attached hydrogens (primary N) is 1. The van der Waals surface area contributed by atoms with Gasteiger partial charge in [0.05, 0.1) is 0 Å². The molecule has 2 heterocycles. The number of nitrogen functional groups attached to an aromatic ring is 1. The molecule has 0 aliphatic carbocycles. The summed E-state index contributed by atoms with van der Waals surface area (Å²) in [7, 11) is 0. The number of ether oxygens (including phenoxy) is 1. The van der Waals surface area contributed by atoms with Gasteiger partial charge in [0.1, 0.15) is 23.0 Å². The molecule has 2 aromatic heterocycles. The molecule has 4 aromatic rings. The number of aromatic amines is 1. The topological polar surface area (TPSA) is 90.0 Å². The first-order valence-corrected chi connectivity index (χ1v) is 7.49. The number of anilines is 1. The van der Waals surface area contributed by atoms with Crippen LogP contribution in [-0.2, 0) is 0 Å². The van der Waals surface area contributed by atoms with Gasteiger partial charge in [0, 0.05) is 17.4 Å². The molecule has 0 saturated heterocycles. The third kappa shape index (κ3) is 3.20. The molecule has 3 N–H and O–H groups in total. The summed E-state index contributed by atoms with van der Waals surface area (Å²) >= 11 is 0. The van der Waals surface area contributed by atoms with Crippen LogP contribution < -0.4 is 10.5 Å². The fourth-order valence-electron chi connectivity index (χ4n) is 2.30. The van der Waals surface area contributed by atoms with E-state index in [1.807, 2.05) is 12.1 Å². The molecule has 0 saturated carbocycles. The van der Waals surface area contributed by atoms with Gasteiger partial charge in [-0.15, -0.1) is 0 Å². The Hall–Kier alpha value is -3.61. The molecule has 0 fully saturated rings. The number of hydrogen-bond acceptors (Lipinski definition) is 5. The van der Waals surface area contributed by atoms with Crippen LogP contribution in [0.25, 0.3) is 23.0 Å². The van der Waals surface area contributed by atoms with Crippen LogP contribution in [0.1, 0.15) is 0 Å². The van der Waals surface area contributed by atoms with Crippen molar-refractivity contribution in [2.24, 2.45) is 0 Å². The highest BCUT2D eigenvalue weighted by Crippen LogP contribution is 2.26. The Morgan fingerprint density at radius 2 is 1.68 bits per heavy atom. The lowest BCUT2D eigenvalue weighted by Crippen LogP contribution is -1.86. The zero-order chi connectivity index (χ0) is 17.2. The Morgan fingerprint density at radius 1 is 1.00 bits per heavy atom. The number of rotatable bonds is 4. The van der Waals surface area contributed by atoms with E-state index in [-0.39, 0.29) is 5.82 Å². The Kier molecular flexibility index (Phi) is 3.66. The molecule has 0 unspecified atom stereocenters. The quantitative estimate of drug-likeness (QED) is 0.581. The summed E-state index contributed by atoms with van der Waals surface area (Å²) in [4.78, 5) is 7.30. The fraction of sp³-hybridized carbons (Fsp3) is 0. The molecular formula is C18H13FN4O2. The van der Waals surface area contributed by atoms with Gasteiger partial charge < -0.3 is 20.0 Å². The van der Waals surface area contributed by atoms with Gasteiger partial charge in [0.25, 0.3) is 5.89 Å². The van der Waals surface area contributed by atoms with E-state index in [0.717, 1.165) is 5.56 Å². The molecule has 25 heavy (non-hydrogen) atoms. The van der Waals surface area contributed by atoms with Crippen LogP contribution in [0, 0.1) is 5.82 Å². The second-order valence-electron chi connectivity index (χ2n) is 5.35. The lowest BCUT2D eigenvalue weighted by Gasteiger charge is -2.05. The Bertz CT molecular complexity index is 991. The van der Waals surface area contributed by atoms with Crippen molar-refractivity contribution in [2.45, 2.75) is 0 Å². The minimum absolute atomic E-state index is 0.306. The van der Waals surface area contributed by atoms with Crippen molar-refractivity contribution in [1.29, 1.82) is 0 Å². The molecule has 0 atom stereocenters. The van der Waals surface area contributed by atoms with Crippen molar-refractivity contribution in [3.8, 4) is 34.5 Å². The highest BCUT2D eigenvalue weighted by Gasteiger charge is 2.12. The van der Waals surface area contributed by atoms with Crippen molar-refractivity contribution in [2.75, 3.05) is 5.73 Å². The summed E-state index contributed by atoms with van der Waals surface area (Å²) in [6.07, 6.45) is 1.65. The first-order valence-electron chi connectivity index (χ1n) is 7.49. The van der Waals surface area contributed by atoms with Crippen LogP contribution in [0.3, 0.4) is 0 Å². The summed E-state index contributed by atoms with van der Waals surface area (Å²) in [6.45, 7) is 0. The predicted molar refractivity (Wildman–Crippen MR) is 90.4 cm³/mol. The molecule has 0 spiro atoms. The van der Waals surface area contributed by atoms with Crippen LogP contribution >= 0.6 is 0 Å². The van der Waals surface area contributed by atoms with Crippen molar-refractivity contribution >= 4 is 5.69 Å². The van der Waals surface area contributed by atoms with E-state index < -0.39 is 0 Å². The van der Waals surface area contributed by atoms with Gasteiger partial charge in [-0.25, -0.2) is 4.39 Å². The summed E-state index contributed by atoms with van der Waals surface area (Å²) < 4.78 is 23.8.